The van der Waals surface area contributed by atoms with Crippen molar-refractivity contribution >= 4 is 0 Å². The Hall–Kier alpha value is -1.70. The molecule has 25 heavy (non-hydrogen) atoms. The molecule has 2 aromatic carbocycles. The fraction of sp³-hybridized carbons (Fsp3) is 0.478. The molecule has 2 aromatic rings. The van der Waals surface area contributed by atoms with Crippen molar-refractivity contribution in [1.29, 1.82) is 0 Å². The molecule has 0 aliphatic heterocycles. The van der Waals surface area contributed by atoms with E-state index >= 15 is 0 Å². The lowest BCUT2D eigenvalue weighted by atomic mass is 9.70. The van der Waals surface area contributed by atoms with Gasteiger partial charge in [0.05, 0.1) is 0 Å². The van der Waals surface area contributed by atoms with Crippen LogP contribution in [0.4, 0.5) is 8.78 Å². The zero-order valence-corrected chi connectivity index (χ0v) is 14.9. The predicted octanol–water partition coefficient (Wildman–Crippen LogP) is 6.56. The van der Waals surface area contributed by atoms with Gasteiger partial charge in [-0.1, -0.05) is 44.0 Å². The van der Waals surface area contributed by atoms with Gasteiger partial charge in [-0.05, 0) is 84.2 Å². The molecule has 0 heterocycles. The van der Waals surface area contributed by atoms with E-state index in [0.717, 1.165) is 35.3 Å². The molecular formula is C23H26F2. The van der Waals surface area contributed by atoms with Crippen molar-refractivity contribution < 1.29 is 8.78 Å². The molecular weight excluding hydrogens is 314 g/mol. The maximum Gasteiger partial charge on any atom is 0.159 e. The van der Waals surface area contributed by atoms with Crippen LogP contribution in [0.1, 0.15) is 50.2 Å². The molecule has 1 unspecified atom stereocenters. The third-order valence-electron chi connectivity index (χ3n) is 6.45. The van der Waals surface area contributed by atoms with Crippen molar-refractivity contribution in [3.63, 3.8) is 0 Å². The molecule has 0 N–H and O–H groups in total. The molecule has 132 valence electrons. The average molecular weight is 340 g/mol. The van der Waals surface area contributed by atoms with Crippen LogP contribution >= 0.6 is 0 Å². The second-order valence-electron chi connectivity index (χ2n) is 8.14. The van der Waals surface area contributed by atoms with E-state index in [1.165, 1.54) is 61.8 Å². The number of hydrogen-bond donors (Lipinski definition) is 0. The zero-order chi connectivity index (χ0) is 17.4. The fourth-order valence-corrected chi connectivity index (χ4v) is 4.80. The van der Waals surface area contributed by atoms with Gasteiger partial charge in [0.25, 0.3) is 0 Å². The highest BCUT2D eigenvalue weighted by atomic mass is 19.2. The largest absolute Gasteiger partial charge is 0.204 e. The lowest BCUT2D eigenvalue weighted by Crippen LogP contribution is -2.26. The summed E-state index contributed by atoms with van der Waals surface area (Å²) in [6.07, 6.45) is 9.15. The number of halogens is 2. The summed E-state index contributed by atoms with van der Waals surface area (Å²) in [5.74, 6) is 1.07. The van der Waals surface area contributed by atoms with E-state index in [0.29, 0.717) is 0 Å². The van der Waals surface area contributed by atoms with Crippen molar-refractivity contribution in [3.8, 4) is 11.1 Å². The Morgan fingerprint density at radius 2 is 1.44 bits per heavy atom. The van der Waals surface area contributed by atoms with Crippen molar-refractivity contribution in [3.05, 3.63) is 59.2 Å². The number of fused-ring (bicyclic) bond motifs is 1. The predicted molar refractivity (Wildman–Crippen MR) is 98.4 cm³/mol. The summed E-state index contributed by atoms with van der Waals surface area (Å²) < 4.78 is 26.7. The summed E-state index contributed by atoms with van der Waals surface area (Å²) in [4.78, 5) is 0. The third-order valence-corrected chi connectivity index (χ3v) is 6.45. The molecule has 0 amide bonds. The lowest BCUT2D eigenvalue weighted by Gasteiger charge is -2.35. The summed E-state index contributed by atoms with van der Waals surface area (Å²) in [5.41, 5.74) is 4.59. The van der Waals surface area contributed by atoms with Gasteiger partial charge in [-0.15, -0.1) is 0 Å². The highest BCUT2D eigenvalue weighted by Crippen LogP contribution is 2.40. The van der Waals surface area contributed by atoms with E-state index in [9.17, 15) is 8.78 Å². The van der Waals surface area contributed by atoms with Crippen LogP contribution < -0.4 is 0 Å². The van der Waals surface area contributed by atoms with Crippen LogP contribution in [0.25, 0.3) is 11.1 Å². The third kappa shape index (κ3) is 3.49. The van der Waals surface area contributed by atoms with Crippen molar-refractivity contribution in [2.75, 3.05) is 0 Å². The second-order valence-corrected chi connectivity index (χ2v) is 8.14. The maximum absolute atomic E-state index is 13.5. The first kappa shape index (κ1) is 16.8. The molecule has 0 bridgehead atoms. The van der Waals surface area contributed by atoms with Crippen LogP contribution in [-0.2, 0) is 12.8 Å². The standard InChI is InChI=1S/C23H26F2/c1-15-2-4-16(5-3-15)17-6-7-19-13-20(9-8-18(19)12-17)21-10-11-22(24)23(25)14-21/h8-11,13-17H,2-7,12H2,1H3. The summed E-state index contributed by atoms with van der Waals surface area (Å²) >= 11 is 0. The molecule has 0 spiro atoms. The number of rotatable bonds is 2. The van der Waals surface area contributed by atoms with Crippen molar-refractivity contribution in [1.82, 2.24) is 0 Å². The van der Waals surface area contributed by atoms with Gasteiger partial charge in [0.1, 0.15) is 0 Å². The minimum Gasteiger partial charge on any atom is -0.204 e. The smallest absolute Gasteiger partial charge is 0.159 e. The van der Waals surface area contributed by atoms with Crippen LogP contribution in [0.3, 0.4) is 0 Å². The highest BCUT2D eigenvalue weighted by molar-refractivity contribution is 5.65. The Labute approximate surface area is 149 Å². The fourth-order valence-electron chi connectivity index (χ4n) is 4.80. The highest BCUT2D eigenvalue weighted by Gasteiger charge is 2.29. The van der Waals surface area contributed by atoms with Gasteiger partial charge < -0.3 is 0 Å². The number of hydrogen-bond acceptors (Lipinski definition) is 0. The summed E-state index contributed by atoms with van der Waals surface area (Å²) in [5, 5.41) is 0. The molecule has 0 saturated heterocycles. The van der Waals surface area contributed by atoms with Crippen LogP contribution in [-0.4, -0.2) is 0 Å². The van der Waals surface area contributed by atoms with Gasteiger partial charge in [-0.2, -0.15) is 0 Å². The molecule has 0 nitrogen and oxygen atoms in total. The Morgan fingerprint density at radius 1 is 0.720 bits per heavy atom. The summed E-state index contributed by atoms with van der Waals surface area (Å²) in [6.45, 7) is 2.38. The van der Waals surface area contributed by atoms with Crippen molar-refractivity contribution in [2.45, 2.75) is 51.9 Å². The SMILES string of the molecule is CC1CCC(C2CCc3cc(-c4ccc(F)c(F)c4)ccc3C2)CC1. The van der Waals surface area contributed by atoms with E-state index in [1.807, 2.05) is 0 Å². The quantitative estimate of drug-likeness (QED) is 0.580. The Balaban J connectivity index is 1.52. The average Bonchev–Trinajstić information content (AvgIpc) is 2.64. The topological polar surface area (TPSA) is 0 Å². The van der Waals surface area contributed by atoms with Gasteiger partial charge in [0, 0.05) is 0 Å². The van der Waals surface area contributed by atoms with E-state index in [-0.39, 0.29) is 0 Å². The molecule has 0 aromatic heterocycles. The molecule has 1 saturated carbocycles. The summed E-state index contributed by atoms with van der Waals surface area (Å²) in [6, 6.07) is 10.6. The minimum atomic E-state index is -0.786. The van der Waals surface area contributed by atoms with Gasteiger partial charge in [-0.3, -0.25) is 0 Å². The Morgan fingerprint density at radius 3 is 2.20 bits per heavy atom. The molecule has 4 rings (SSSR count). The Kier molecular flexibility index (Phi) is 4.62. The molecule has 1 fully saturated rings. The van der Waals surface area contributed by atoms with E-state index in [2.05, 4.69) is 25.1 Å². The second kappa shape index (κ2) is 6.90. The van der Waals surface area contributed by atoms with E-state index < -0.39 is 11.6 Å². The van der Waals surface area contributed by atoms with Crippen molar-refractivity contribution in [2.24, 2.45) is 17.8 Å². The molecule has 0 radical (unpaired) electrons. The molecule has 1 atom stereocenters. The number of benzene rings is 2. The van der Waals surface area contributed by atoms with E-state index in [1.54, 1.807) is 6.07 Å². The molecule has 2 aliphatic carbocycles. The van der Waals surface area contributed by atoms with Gasteiger partial charge >= 0.3 is 0 Å². The lowest BCUT2D eigenvalue weighted by molar-refractivity contribution is 0.197. The normalized spacial score (nSPS) is 26.3. The Bertz CT molecular complexity index is 757. The van der Waals surface area contributed by atoms with Crippen LogP contribution in [0.15, 0.2) is 36.4 Å². The van der Waals surface area contributed by atoms with Gasteiger partial charge in [-0.25, -0.2) is 8.78 Å². The van der Waals surface area contributed by atoms with Gasteiger partial charge in [0.15, 0.2) is 11.6 Å². The first-order chi connectivity index (χ1) is 12.1. The maximum atomic E-state index is 13.5. The van der Waals surface area contributed by atoms with Gasteiger partial charge in [0.2, 0.25) is 0 Å². The zero-order valence-electron chi connectivity index (χ0n) is 14.9. The molecule has 2 heteroatoms. The molecule has 2 aliphatic rings. The van der Waals surface area contributed by atoms with Crippen LogP contribution in [0.5, 0.6) is 0 Å². The monoisotopic (exact) mass is 340 g/mol. The van der Waals surface area contributed by atoms with Crippen LogP contribution in [0, 0.1) is 29.4 Å². The first-order valence-corrected chi connectivity index (χ1v) is 9.67. The first-order valence-electron chi connectivity index (χ1n) is 9.67. The number of aryl methyl sites for hydroxylation is 1. The van der Waals surface area contributed by atoms with Crippen LogP contribution in [0.2, 0.25) is 0 Å². The van der Waals surface area contributed by atoms with E-state index in [4.69, 9.17) is 0 Å². The minimum absolute atomic E-state index is 0.755. The summed E-state index contributed by atoms with van der Waals surface area (Å²) in [7, 11) is 0.